The summed E-state index contributed by atoms with van der Waals surface area (Å²) in [6.07, 6.45) is 9.61. The van der Waals surface area contributed by atoms with E-state index in [1.54, 1.807) is 0 Å². The molecule has 1 aliphatic heterocycles. The van der Waals surface area contributed by atoms with E-state index in [9.17, 15) is 0 Å². The van der Waals surface area contributed by atoms with Crippen LogP contribution in [-0.2, 0) is 0 Å². The van der Waals surface area contributed by atoms with E-state index in [4.69, 9.17) is 0 Å². The Hall–Kier alpha value is -0.0800. The summed E-state index contributed by atoms with van der Waals surface area (Å²) in [7, 11) is 0. The number of unbranched alkanes of at least 4 members (excludes halogenated alkanes) is 1. The average Bonchev–Trinajstić information content (AvgIpc) is 2.43. The maximum atomic E-state index is 3.53. The van der Waals surface area contributed by atoms with Crippen molar-refractivity contribution >= 4 is 0 Å². The molecule has 0 aromatic heterocycles. The van der Waals surface area contributed by atoms with Gasteiger partial charge in [-0.05, 0) is 77.5 Å². The predicted octanol–water partition coefficient (Wildman–Crippen LogP) is 3.67. The molecule has 1 saturated heterocycles. The lowest BCUT2D eigenvalue weighted by Crippen LogP contribution is -2.35. The van der Waals surface area contributed by atoms with Crippen LogP contribution in [0.25, 0.3) is 0 Å². The van der Waals surface area contributed by atoms with Gasteiger partial charge in [-0.3, -0.25) is 0 Å². The van der Waals surface area contributed by atoms with Crippen molar-refractivity contribution in [3.8, 4) is 0 Å². The average molecular weight is 254 g/mol. The van der Waals surface area contributed by atoms with Crippen LogP contribution < -0.4 is 5.32 Å². The molecule has 0 spiro atoms. The Labute approximate surface area is 115 Å². The van der Waals surface area contributed by atoms with Crippen LogP contribution in [0.4, 0.5) is 0 Å². The van der Waals surface area contributed by atoms with Crippen molar-refractivity contribution in [1.82, 2.24) is 10.2 Å². The lowest BCUT2D eigenvalue weighted by molar-refractivity contribution is 0.190. The van der Waals surface area contributed by atoms with Gasteiger partial charge in [0.25, 0.3) is 0 Å². The molecule has 0 aromatic carbocycles. The molecule has 0 bridgehead atoms. The molecule has 0 saturated carbocycles. The molecule has 108 valence electrons. The third-order valence-corrected chi connectivity index (χ3v) is 4.47. The van der Waals surface area contributed by atoms with Crippen molar-refractivity contribution in [3.63, 3.8) is 0 Å². The van der Waals surface area contributed by atoms with E-state index in [1.165, 1.54) is 71.1 Å². The quantitative estimate of drug-likeness (QED) is 0.675. The van der Waals surface area contributed by atoms with Gasteiger partial charge in [0.05, 0.1) is 0 Å². The summed E-state index contributed by atoms with van der Waals surface area (Å²) in [5.41, 5.74) is 0. The van der Waals surface area contributed by atoms with Crippen molar-refractivity contribution in [2.24, 2.45) is 5.92 Å². The molecule has 0 aromatic rings. The van der Waals surface area contributed by atoms with Crippen molar-refractivity contribution < 1.29 is 0 Å². The molecule has 1 fully saturated rings. The molecular weight excluding hydrogens is 220 g/mol. The molecule has 0 radical (unpaired) electrons. The zero-order valence-corrected chi connectivity index (χ0v) is 12.9. The van der Waals surface area contributed by atoms with Gasteiger partial charge >= 0.3 is 0 Å². The molecule has 1 aliphatic rings. The van der Waals surface area contributed by atoms with E-state index in [2.05, 4.69) is 31.0 Å². The molecule has 1 heterocycles. The van der Waals surface area contributed by atoms with E-state index in [0.29, 0.717) is 0 Å². The van der Waals surface area contributed by atoms with Gasteiger partial charge in [-0.25, -0.2) is 0 Å². The lowest BCUT2D eigenvalue weighted by Gasteiger charge is -2.29. The van der Waals surface area contributed by atoms with Crippen LogP contribution in [-0.4, -0.2) is 37.1 Å². The minimum atomic E-state index is 0.765. The van der Waals surface area contributed by atoms with Gasteiger partial charge in [0.1, 0.15) is 0 Å². The first-order valence-corrected chi connectivity index (χ1v) is 8.22. The normalized spacial score (nSPS) is 22.3. The van der Waals surface area contributed by atoms with Gasteiger partial charge in [0.2, 0.25) is 0 Å². The highest BCUT2D eigenvalue weighted by molar-refractivity contribution is 4.71. The summed E-state index contributed by atoms with van der Waals surface area (Å²) in [6, 6.07) is 0.765. The third kappa shape index (κ3) is 6.19. The van der Waals surface area contributed by atoms with Crippen molar-refractivity contribution in [2.45, 2.75) is 71.8 Å². The van der Waals surface area contributed by atoms with Crippen LogP contribution in [0.3, 0.4) is 0 Å². The number of hydrogen-bond acceptors (Lipinski definition) is 2. The zero-order chi connectivity index (χ0) is 13.2. The number of hydrogen-bond donors (Lipinski definition) is 1. The second-order valence-corrected chi connectivity index (χ2v) is 6.00. The molecule has 1 N–H and O–H groups in total. The summed E-state index contributed by atoms with van der Waals surface area (Å²) < 4.78 is 0. The van der Waals surface area contributed by atoms with Crippen molar-refractivity contribution in [3.05, 3.63) is 0 Å². The maximum Gasteiger partial charge on any atom is 0.00643 e. The Morgan fingerprint density at radius 3 is 2.61 bits per heavy atom. The van der Waals surface area contributed by atoms with Crippen LogP contribution in [0.15, 0.2) is 0 Å². The van der Waals surface area contributed by atoms with E-state index in [-0.39, 0.29) is 0 Å². The summed E-state index contributed by atoms with van der Waals surface area (Å²) in [4.78, 5) is 2.71. The number of rotatable bonds is 9. The van der Waals surface area contributed by atoms with Gasteiger partial charge in [-0.15, -0.1) is 0 Å². The topological polar surface area (TPSA) is 15.3 Å². The highest BCUT2D eigenvalue weighted by Crippen LogP contribution is 2.17. The third-order valence-electron chi connectivity index (χ3n) is 4.47. The highest BCUT2D eigenvalue weighted by atomic mass is 15.1. The zero-order valence-electron chi connectivity index (χ0n) is 12.9. The smallest absolute Gasteiger partial charge is 0.00643 e. The summed E-state index contributed by atoms with van der Waals surface area (Å²) in [5, 5.41) is 3.53. The fourth-order valence-corrected chi connectivity index (χ4v) is 2.93. The van der Waals surface area contributed by atoms with Gasteiger partial charge in [-0.1, -0.05) is 20.3 Å². The van der Waals surface area contributed by atoms with Gasteiger partial charge in [0.15, 0.2) is 0 Å². The molecule has 1 rings (SSSR count). The SMILES string of the molecule is CCCCN(CCCC1CCCNC1)C(C)CC. The second kappa shape index (κ2) is 9.80. The van der Waals surface area contributed by atoms with Gasteiger partial charge in [0, 0.05) is 6.04 Å². The van der Waals surface area contributed by atoms with Crippen molar-refractivity contribution in [2.75, 3.05) is 26.2 Å². The molecule has 2 unspecified atom stereocenters. The van der Waals surface area contributed by atoms with Crippen LogP contribution >= 0.6 is 0 Å². The Morgan fingerprint density at radius 1 is 1.22 bits per heavy atom. The Morgan fingerprint density at radius 2 is 2.00 bits per heavy atom. The molecule has 2 heteroatoms. The molecule has 18 heavy (non-hydrogen) atoms. The maximum absolute atomic E-state index is 3.53. The summed E-state index contributed by atoms with van der Waals surface area (Å²) in [6.45, 7) is 12.1. The fraction of sp³-hybridized carbons (Fsp3) is 1.00. The Balaban J connectivity index is 2.18. The number of nitrogens with zero attached hydrogens (tertiary/aromatic N) is 1. The first kappa shape index (κ1) is 16.0. The Bertz CT molecular complexity index is 188. The van der Waals surface area contributed by atoms with Crippen LogP contribution in [0.1, 0.15) is 65.7 Å². The summed E-state index contributed by atoms with van der Waals surface area (Å²) >= 11 is 0. The lowest BCUT2D eigenvalue weighted by atomic mass is 9.94. The number of nitrogens with one attached hydrogen (secondary N) is 1. The fourth-order valence-electron chi connectivity index (χ4n) is 2.93. The second-order valence-electron chi connectivity index (χ2n) is 6.00. The monoisotopic (exact) mass is 254 g/mol. The molecular formula is C16H34N2. The minimum absolute atomic E-state index is 0.765. The predicted molar refractivity (Wildman–Crippen MR) is 81.1 cm³/mol. The minimum Gasteiger partial charge on any atom is -0.316 e. The standard InChI is InChI=1S/C16H34N2/c1-4-6-12-18(15(3)5-2)13-8-10-16-9-7-11-17-14-16/h15-17H,4-14H2,1-3H3. The first-order valence-electron chi connectivity index (χ1n) is 8.22. The molecule has 2 nitrogen and oxygen atoms in total. The molecule has 0 aliphatic carbocycles. The van der Waals surface area contributed by atoms with E-state index >= 15 is 0 Å². The van der Waals surface area contributed by atoms with E-state index in [0.717, 1.165) is 12.0 Å². The van der Waals surface area contributed by atoms with Crippen LogP contribution in [0.2, 0.25) is 0 Å². The molecule has 2 atom stereocenters. The van der Waals surface area contributed by atoms with Crippen LogP contribution in [0.5, 0.6) is 0 Å². The molecule has 0 amide bonds. The summed E-state index contributed by atoms with van der Waals surface area (Å²) in [5.74, 6) is 0.948. The van der Waals surface area contributed by atoms with Gasteiger partial charge in [-0.2, -0.15) is 0 Å². The largest absolute Gasteiger partial charge is 0.316 e. The first-order chi connectivity index (χ1) is 8.77. The Kier molecular flexibility index (Phi) is 8.70. The number of piperidine rings is 1. The van der Waals surface area contributed by atoms with Gasteiger partial charge < -0.3 is 10.2 Å². The van der Waals surface area contributed by atoms with Crippen molar-refractivity contribution in [1.29, 1.82) is 0 Å². The van der Waals surface area contributed by atoms with E-state index in [1.807, 2.05) is 0 Å². The van der Waals surface area contributed by atoms with Crippen LogP contribution in [0, 0.1) is 5.92 Å². The van der Waals surface area contributed by atoms with E-state index < -0.39 is 0 Å². The highest BCUT2D eigenvalue weighted by Gasteiger charge is 2.15.